The first-order chi connectivity index (χ1) is 9.16. The van der Waals surface area contributed by atoms with Crippen LogP contribution in [0.1, 0.15) is 12.5 Å². The minimum Gasteiger partial charge on any atom is -0.388 e. The number of morpholine rings is 1. The Hall–Kier alpha value is -0.940. The zero-order chi connectivity index (χ0) is 13.6. The number of aliphatic hydroxyl groups is 1. The summed E-state index contributed by atoms with van der Waals surface area (Å²) >= 11 is 0. The normalized spacial score (nSPS) is 20.1. The van der Waals surface area contributed by atoms with Crippen LogP contribution >= 0.6 is 0 Å². The second-order valence-electron chi connectivity index (χ2n) is 5.47. The zero-order valence-corrected chi connectivity index (χ0v) is 11.6. The first-order valence-electron chi connectivity index (χ1n) is 6.93. The van der Waals surface area contributed by atoms with Crippen molar-refractivity contribution < 1.29 is 9.84 Å². The van der Waals surface area contributed by atoms with Gasteiger partial charge in [-0.1, -0.05) is 30.3 Å². The van der Waals surface area contributed by atoms with Crippen LogP contribution in [-0.2, 0) is 11.3 Å². The van der Waals surface area contributed by atoms with Crippen LogP contribution in [-0.4, -0.2) is 55.0 Å². The minimum absolute atomic E-state index is 0.596. The fourth-order valence-corrected chi connectivity index (χ4v) is 2.37. The highest BCUT2D eigenvalue weighted by atomic mass is 16.5. The second kappa shape index (κ2) is 7.01. The average molecular weight is 264 g/mol. The Balaban J connectivity index is 1.71. The van der Waals surface area contributed by atoms with Gasteiger partial charge in [-0.3, -0.25) is 4.90 Å². The molecule has 0 aliphatic carbocycles. The van der Waals surface area contributed by atoms with E-state index >= 15 is 0 Å². The van der Waals surface area contributed by atoms with Gasteiger partial charge >= 0.3 is 0 Å². The van der Waals surface area contributed by atoms with Gasteiger partial charge in [-0.05, 0) is 12.5 Å². The van der Waals surface area contributed by atoms with Crippen molar-refractivity contribution in [1.82, 2.24) is 10.2 Å². The molecule has 0 saturated carbocycles. The average Bonchev–Trinajstić information content (AvgIpc) is 2.40. The molecule has 1 aliphatic rings. The maximum absolute atomic E-state index is 10.4. The van der Waals surface area contributed by atoms with E-state index in [-0.39, 0.29) is 0 Å². The third kappa shape index (κ3) is 5.28. The van der Waals surface area contributed by atoms with Crippen molar-refractivity contribution in [3.8, 4) is 0 Å². The molecule has 106 valence electrons. The van der Waals surface area contributed by atoms with Crippen molar-refractivity contribution in [2.45, 2.75) is 19.1 Å². The molecule has 1 aromatic carbocycles. The predicted octanol–water partition coefficient (Wildman–Crippen LogP) is 0.859. The van der Waals surface area contributed by atoms with Crippen LogP contribution < -0.4 is 5.32 Å². The molecule has 4 nitrogen and oxygen atoms in total. The van der Waals surface area contributed by atoms with Gasteiger partial charge in [0.25, 0.3) is 0 Å². The first kappa shape index (κ1) is 14.5. The Morgan fingerprint density at radius 1 is 1.26 bits per heavy atom. The molecule has 0 radical (unpaired) electrons. The van der Waals surface area contributed by atoms with Crippen molar-refractivity contribution in [3.05, 3.63) is 35.9 Å². The fourth-order valence-electron chi connectivity index (χ4n) is 2.37. The van der Waals surface area contributed by atoms with Gasteiger partial charge in [-0.25, -0.2) is 0 Å². The molecule has 0 aromatic heterocycles. The smallest absolute Gasteiger partial charge is 0.0869 e. The maximum atomic E-state index is 10.4. The number of hydrogen-bond acceptors (Lipinski definition) is 4. The zero-order valence-electron chi connectivity index (χ0n) is 11.6. The summed E-state index contributed by atoms with van der Waals surface area (Å²) in [6.07, 6.45) is 0. The number of benzene rings is 1. The molecule has 1 heterocycles. The molecule has 0 spiro atoms. The summed E-state index contributed by atoms with van der Waals surface area (Å²) in [7, 11) is 0. The summed E-state index contributed by atoms with van der Waals surface area (Å²) in [6.45, 7) is 7.34. The van der Waals surface area contributed by atoms with Crippen LogP contribution in [0.15, 0.2) is 30.3 Å². The number of nitrogens with zero attached hydrogens (tertiary/aromatic N) is 1. The highest BCUT2D eigenvalue weighted by molar-refractivity contribution is 5.14. The van der Waals surface area contributed by atoms with Crippen LogP contribution in [0.25, 0.3) is 0 Å². The lowest BCUT2D eigenvalue weighted by atomic mass is 10.1. The number of β-amino-alcohol motifs (C(OH)–C–C–N with tert-alkyl or cyclic N) is 1. The fraction of sp³-hybridized carbons (Fsp3) is 0.600. The quantitative estimate of drug-likeness (QED) is 0.800. The lowest BCUT2D eigenvalue weighted by Crippen LogP contribution is -2.50. The first-order valence-corrected chi connectivity index (χ1v) is 6.93. The third-order valence-corrected chi connectivity index (χ3v) is 3.35. The summed E-state index contributed by atoms with van der Waals surface area (Å²) < 4.78 is 5.31. The van der Waals surface area contributed by atoms with Gasteiger partial charge in [0.1, 0.15) is 0 Å². The molecule has 1 atom stereocenters. The molecule has 19 heavy (non-hydrogen) atoms. The van der Waals surface area contributed by atoms with Crippen molar-refractivity contribution in [1.29, 1.82) is 0 Å². The molecule has 0 amide bonds. The summed E-state index contributed by atoms with van der Waals surface area (Å²) in [4.78, 5) is 2.26. The monoisotopic (exact) mass is 264 g/mol. The summed E-state index contributed by atoms with van der Waals surface area (Å²) in [5, 5.41) is 13.7. The minimum atomic E-state index is -0.702. The Morgan fingerprint density at radius 3 is 2.63 bits per heavy atom. The lowest BCUT2D eigenvalue weighted by molar-refractivity contribution is -0.0219. The molecule has 1 unspecified atom stereocenters. The molecule has 1 aromatic rings. The predicted molar refractivity (Wildman–Crippen MR) is 76.0 cm³/mol. The number of hydrogen-bond donors (Lipinski definition) is 2. The highest BCUT2D eigenvalue weighted by Gasteiger charge is 2.24. The molecule has 1 fully saturated rings. The molecular weight excluding hydrogens is 240 g/mol. The van der Waals surface area contributed by atoms with E-state index in [1.54, 1.807) is 0 Å². The Bertz CT molecular complexity index is 362. The van der Waals surface area contributed by atoms with Crippen LogP contribution in [0.5, 0.6) is 0 Å². The third-order valence-electron chi connectivity index (χ3n) is 3.35. The van der Waals surface area contributed by atoms with Crippen LogP contribution in [0.3, 0.4) is 0 Å². The van der Waals surface area contributed by atoms with E-state index in [1.165, 1.54) is 5.56 Å². The van der Waals surface area contributed by atoms with Gasteiger partial charge in [0.15, 0.2) is 0 Å². The van der Waals surface area contributed by atoms with E-state index in [1.807, 2.05) is 25.1 Å². The van der Waals surface area contributed by atoms with Gasteiger partial charge in [-0.2, -0.15) is 0 Å². The molecule has 2 rings (SSSR count). The topological polar surface area (TPSA) is 44.7 Å². The Kier molecular flexibility index (Phi) is 5.34. The van der Waals surface area contributed by atoms with E-state index in [9.17, 15) is 5.11 Å². The highest BCUT2D eigenvalue weighted by Crippen LogP contribution is 2.08. The molecular formula is C15H24N2O2. The van der Waals surface area contributed by atoms with Crippen molar-refractivity contribution in [2.75, 3.05) is 39.4 Å². The van der Waals surface area contributed by atoms with Crippen LogP contribution in [0, 0.1) is 0 Å². The number of ether oxygens (including phenoxy) is 1. The van der Waals surface area contributed by atoms with E-state index in [0.29, 0.717) is 13.1 Å². The summed E-state index contributed by atoms with van der Waals surface area (Å²) in [5.41, 5.74) is 0.538. The molecule has 4 heteroatoms. The molecule has 0 bridgehead atoms. The molecule has 1 saturated heterocycles. The van der Waals surface area contributed by atoms with Crippen LogP contribution in [0.2, 0.25) is 0 Å². The van der Waals surface area contributed by atoms with Crippen molar-refractivity contribution in [2.24, 2.45) is 0 Å². The molecule has 1 aliphatic heterocycles. The van der Waals surface area contributed by atoms with Crippen molar-refractivity contribution >= 4 is 0 Å². The Morgan fingerprint density at radius 2 is 1.95 bits per heavy atom. The van der Waals surface area contributed by atoms with E-state index in [0.717, 1.165) is 32.8 Å². The standard InChI is InChI=1S/C15H24N2O2/c1-15(18,13-17-7-9-19-10-8-17)12-16-11-14-5-3-2-4-6-14/h2-6,16,18H,7-13H2,1H3. The summed E-state index contributed by atoms with van der Waals surface area (Å²) in [6, 6.07) is 10.2. The maximum Gasteiger partial charge on any atom is 0.0869 e. The van der Waals surface area contributed by atoms with Gasteiger partial charge in [0, 0.05) is 32.7 Å². The number of nitrogens with one attached hydrogen (secondary N) is 1. The second-order valence-corrected chi connectivity index (χ2v) is 5.47. The number of rotatable bonds is 6. The van der Waals surface area contributed by atoms with Crippen molar-refractivity contribution in [3.63, 3.8) is 0 Å². The van der Waals surface area contributed by atoms with Gasteiger partial charge < -0.3 is 15.2 Å². The van der Waals surface area contributed by atoms with Gasteiger partial charge in [0.2, 0.25) is 0 Å². The lowest BCUT2D eigenvalue weighted by Gasteiger charge is -2.34. The van der Waals surface area contributed by atoms with Gasteiger partial charge in [-0.15, -0.1) is 0 Å². The summed E-state index contributed by atoms with van der Waals surface area (Å²) in [5.74, 6) is 0. The van der Waals surface area contributed by atoms with E-state index in [2.05, 4.69) is 22.3 Å². The van der Waals surface area contributed by atoms with E-state index < -0.39 is 5.60 Å². The van der Waals surface area contributed by atoms with E-state index in [4.69, 9.17) is 4.74 Å². The van der Waals surface area contributed by atoms with Gasteiger partial charge in [0.05, 0.1) is 18.8 Å². The largest absolute Gasteiger partial charge is 0.388 e. The van der Waals surface area contributed by atoms with Crippen LogP contribution in [0.4, 0.5) is 0 Å². The molecule has 2 N–H and O–H groups in total. The Labute approximate surface area is 115 Å². The SMILES string of the molecule is CC(O)(CNCc1ccccc1)CN1CCOCC1.